The lowest BCUT2D eigenvalue weighted by atomic mass is 10.2. The number of aliphatic imine (C=N–C) groups is 1. The van der Waals surface area contributed by atoms with Crippen molar-refractivity contribution in [3.05, 3.63) is 39.9 Å². The molecule has 0 spiro atoms. The lowest BCUT2D eigenvalue weighted by molar-refractivity contribution is -0.384. The van der Waals surface area contributed by atoms with Crippen LogP contribution in [0.3, 0.4) is 0 Å². The number of carbonyl (C=O) groups is 1. The fourth-order valence-electron chi connectivity index (χ4n) is 2.65. The number of benzene rings is 1. The summed E-state index contributed by atoms with van der Waals surface area (Å²) in [7, 11) is 0. The second kappa shape index (κ2) is 11.7. The largest absolute Gasteiger partial charge is 0.357 e. The summed E-state index contributed by atoms with van der Waals surface area (Å²) < 4.78 is 0. The summed E-state index contributed by atoms with van der Waals surface area (Å²) in [5.41, 5.74) is 0.986. The number of nitrogens with one attached hydrogen (secondary N) is 2. The predicted octanol–water partition coefficient (Wildman–Crippen LogP) is 2.28. The van der Waals surface area contributed by atoms with Crippen molar-refractivity contribution in [2.24, 2.45) is 4.99 Å². The van der Waals surface area contributed by atoms with Crippen LogP contribution in [0.25, 0.3) is 0 Å². The van der Waals surface area contributed by atoms with Crippen LogP contribution in [0, 0.1) is 10.1 Å². The molecule has 8 nitrogen and oxygen atoms in total. The Bertz CT molecular complexity index is 621. The first kappa shape index (κ1) is 22.1. The first-order valence-electron chi connectivity index (χ1n) is 8.63. The van der Waals surface area contributed by atoms with Gasteiger partial charge in [0.2, 0.25) is 5.91 Å². The van der Waals surface area contributed by atoms with Crippen LogP contribution in [0.4, 0.5) is 5.69 Å². The van der Waals surface area contributed by atoms with Crippen molar-refractivity contribution in [1.82, 2.24) is 15.5 Å². The molecule has 0 radical (unpaired) electrons. The van der Waals surface area contributed by atoms with E-state index in [1.54, 1.807) is 12.1 Å². The molecule has 1 fully saturated rings. The molecule has 1 aliphatic rings. The van der Waals surface area contributed by atoms with Gasteiger partial charge in [-0.05, 0) is 25.3 Å². The zero-order valence-electron chi connectivity index (χ0n) is 14.9. The monoisotopic (exact) mass is 475 g/mol. The normalized spacial score (nSPS) is 14.1. The molecule has 1 aliphatic heterocycles. The Balaban J connectivity index is 0.00000338. The predicted molar refractivity (Wildman–Crippen MR) is 112 cm³/mol. The minimum absolute atomic E-state index is 0. The Morgan fingerprint density at radius 1 is 1.31 bits per heavy atom. The Labute approximate surface area is 170 Å². The number of likely N-dealkylation sites (tertiary alicyclic amines) is 1. The minimum Gasteiger partial charge on any atom is -0.357 e. The molecule has 2 N–H and O–H groups in total. The van der Waals surface area contributed by atoms with E-state index in [-0.39, 0.29) is 35.6 Å². The third-order valence-corrected chi connectivity index (χ3v) is 3.98. The Morgan fingerprint density at radius 2 is 2.04 bits per heavy atom. The second-order valence-electron chi connectivity index (χ2n) is 5.88. The number of halogens is 1. The average Bonchev–Trinajstić information content (AvgIpc) is 3.01. The van der Waals surface area contributed by atoms with E-state index in [2.05, 4.69) is 15.6 Å². The number of nitro groups is 1. The van der Waals surface area contributed by atoms with Crippen LogP contribution in [0.1, 0.15) is 31.7 Å². The van der Waals surface area contributed by atoms with Crippen molar-refractivity contribution in [3.8, 4) is 0 Å². The van der Waals surface area contributed by atoms with Gasteiger partial charge in [-0.3, -0.25) is 14.9 Å². The zero-order valence-corrected chi connectivity index (χ0v) is 17.3. The standard InChI is InChI=1S/C17H25N5O3.HI/c1-2-18-17(19-10-4-12-21-11-3-5-16(21)23)20-13-14-6-8-15(9-7-14)22(24)25;/h6-9H,2-5,10-13H2,1H3,(H2,18,19,20);1H. The molecule has 0 bridgehead atoms. The summed E-state index contributed by atoms with van der Waals surface area (Å²) in [5.74, 6) is 0.951. The third-order valence-electron chi connectivity index (χ3n) is 3.98. The molecule has 144 valence electrons. The number of carbonyl (C=O) groups excluding carboxylic acids is 1. The summed E-state index contributed by atoms with van der Waals surface area (Å²) in [4.78, 5) is 28.2. The molecule has 0 aliphatic carbocycles. The summed E-state index contributed by atoms with van der Waals surface area (Å²) >= 11 is 0. The van der Waals surface area contributed by atoms with Gasteiger partial charge in [-0.25, -0.2) is 4.99 Å². The molecule has 2 rings (SSSR count). The molecular formula is C17H26IN5O3. The van der Waals surface area contributed by atoms with Gasteiger partial charge in [0.1, 0.15) is 0 Å². The molecule has 1 amide bonds. The lowest BCUT2D eigenvalue weighted by Gasteiger charge is -2.16. The van der Waals surface area contributed by atoms with E-state index in [1.807, 2.05) is 11.8 Å². The number of rotatable bonds is 8. The number of guanidine groups is 1. The number of hydrogen-bond acceptors (Lipinski definition) is 4. The van der Waals surface area contributed by atoms with Gasteiger partial charge in [-0.2, -0.15) is 0 Å². The maximum absolute atomic E-state index is 11.6. The topological polar surface area (TPSA) is 99.9 Å². The number of hydrogen-bond donors (Lipinski definition) is 2. The second-order valence-corrected chi connectivity index (χ2v) is 5.88. The molecule has 0 atom stereocenters. The fraction of sp³-hybridized carbons (Fsp3) is 0.529. The molecule has 1 aromatic rings. The van der Waals surface area contributed by atoms with E-state index in [0.29, 0.717) is 18.9 Å². The Morgan fingerprint density at radius 3 is 2.62 bits per heavy atom. The van der Waals surface area contributed by atoms with Gasteiger partial charge >= 0.3 is 0 Å². The average molecular weight is 475 g/mol. The first-order valence-corrected chi connectivity index (χ1v) is 8.63. The highest BCUT2D eigenvalue weighted by molar-refractivity contribution is 14.0. The highest BCUT2D eigenvalue weighted by atomic mass is 127. The van der Waals surface area contributed by atoms with Crippen LogP contribution in [-0.2, 0) is 11.3 Å². The van der Waals surface area contributed by atoms with Crippen molar-refractivity contribution in [1.29, 1.82) is 0 Å². The molecule has 9 heteroatoms. The van der Waals surface area contributed by atoms with Crippen LogP contribution in [0.2, 0.25) is 0 Å². The van der Waals surface area contributed by atoms with Crippen LogP contribution in [-0.4, -0.2) is 47.9 Å². The van der Waals surface area contributed by atoms with Gasteiger partial charge < -0.3 is 15.5 Å². The zero-order chi connectivity index (χ0) is 18.1. The minimum atomic E-state index is -0.413. The summed E-state index contributed by atoms with van der Waals surface area (Å²) in [6.07, 6.45) is 2.51. The highest BCUT2D eigenvalue weighted by Crippen LogP contribution is 2.12. The number of nitro benzene ring substituents is 1. The molecule has 0 unspecified atom stereocenters. The third kappa shape index (κ3) is 7.14. The van der Waals surface area contributed by atoms with Crippen molar-refractivity contribution >= 4 is 41.5 Å². The fourth-order valence-corrected chi connectivity index (χ4v) is 2.65. The molecule has 0 aromatic heterocycles. The maximum atomic E-state index is 11.6. The Hall–Kier alpha value is -1.91. The smallest absolute Gasteiger partial charge is 0.269 e. The molecule has 1 aromatic carbocycles. The quantitative estimate of drug-likeness (QED) is 0.150. The van der Waals surface area contributed by atoms with Crippen LogP contribution in [0.5, 0.6) is 0 Å². The van der Waals surface area contributed by atoms with E-state index in [1.165, 1.54) is 12.1 Å². The number of non-ortho nitro benzene ring substituents is 1. The molecule has 1 saturated heterocycles. The van der Waals surface area contributed by atoms with Gasteiger partial charge in [0.25, 0.3) is 5.69 Å². The molecule has 26 heavy (non-hydrogen) atoms. The SMILES string of the molecule is CCNC(=NCc1ccc([N+](=O)[O-])cc1)NCCCN1CCCC1=O.I. The van der Waals surface area contributed by atoms with E-state index in [4.69, 9.17) is 0 Å². The molecule has 1 heterocycles. The van der Waals surface area contributed by atoms with Crippen molar-refractivity contribution < 1.29 is 9.72 Å². The van der Waals surface area contributed by atoms with Crippen molar-refractivity contribution in [2.45, 2.75) is 32.7 Å². The van der Waals surface area contributed by atoms with Gasteiger partial charge in [0, 0.05) is 44.7 Å². The maximum Gasteiger partial charge on any atom is 0.269 e. The summed E-state index contributed by atoms with van der Waals surface area (Å²) in [6, 6.07) is 6.39. The van der Waals surface area contributed by atoms with Gasteiger partial charge in [-0.1, -0.05) is 12.1 Å². The number of amides is 1. The van der Waals surface area contributed by atoms with Crippen molar-refractivity contribution in [3.63, 3.8) is 0 Å². The molecule has 0 saturated carbocycles. The van der Waals surface area contributed by atoms with E-state index in [0.717, 1.165) is 44.6 Å². The van der Waals surface area contributed by atoms with Gasteiger partial charge in [-0.15, -0.1) is 24.0 Å². The van der Waals surface area contributed by atoms with E-state index in [9.17, 15) is 14.9 Å². The molecular weight excluding hydrogens is 449 g/mol. The number of nitrogens with zero attached hydrogens (tertiary/aromatic N) is 3. The van der Waals surface area contributed by atoms with Gasteiger partial charge in [0.15, 0.2) is 5.96 Å². The van der Waals surface area contributed by atoms with Crippen LogP contribution < -0.4 is 10.6 Å². The van der Waals surface area contributed by atoms with E-state index >= 15 is 0 Å². The summed E-state index contributed by atoms with van der Waals surface area (Å²) in [6.45, 7) is 5.55. The van der Waals surface area contributed by atoms with Crippen LogP contribution >= 0.6 is 24.0 Å². The Kier molecular flexibility index (Phi) is 9.92. The summed E-state index contributed by atoms with van der Waals surface area (Å²) in [5, 5.41) is 17.1. The van der Waals surface area contributed by atoms with Crippen molar-refractivity contribution in [2.75, 3.05) is 26.2 Å². The van der Waals surface area contributed by atoms with Gasteiger partial charge in [0.05, 0.1) is 11.5 Å². The first-order chi connectivity index (χ1) is 12.1. The van der Waals surface area contributed by atoms with E-state index < -0.39 is 4.92 Å². The van der Waals surface area contributed by atoms with Crippen LogP contribution in [0.15, 0.2) is 29.3 Å². The lowest BCUT2D eigenvalue weighted by Crippen LogP contribution is -2.39. The highest BCUT2D eigenvalue weighted by Gasteiger charge is 2.18.